The van der Waals surface area contributed by atoms with Crippen molar-refractivity contribution in [1.82, 2.24) is 15.1 Å². The fourth-order valence-electron chi connectivity index (χ4n) is 4.09. The van der Waals surface area contributed by atoms with Crippen LogP contribution in [-0.4, -0.2) is 34.3 Å². The Kier molecular flexibility index (Phi) is 6.90. The number of aromatic nitrogens is 2. The molecule has 1 N–H and O–H groups in total. The van der Waals surface area contributed by atoms with Gasteiger partial charge in [0.15, 0.2) is 12.3 Å². The minimum absolute atomic E-state index is 0.0540. The van der Waals surface area contributed by atoms with Crippen LogP contribution in [0.5, 0.6) is 0 Å². The van der Waals surface area contributed by atoms with Gasteiger partial charge in [0.2, 0.25) is 0 Å². The Morgan fingerprint density at radius 2 is 1.90 bits per heavy atom. The molecule has 0 radical (unpaired) electrons. The van der Waals surface area contributed by atoms with Crippen LogP contribution in [0.3, 0.4) is 0 Å². The summed E-state index contributed by atoms with van der Waals surface area (Å²) in [6.45, 7) is 8.32. The lowest BCUT2D eigenvalue weighted by molar-refractivity contribution is -0.125. The molecule has 3 rings (SSSR count). The van der Waals surface area contributed by atoms with E-state index in [0.717, 1.165) is 12.8 Å². The lowest BCUT2D eigenvalue weighted by Crippen LogP contribution is -2.45. The van der Waals surface area contributed by atoms with Gasteiger partial charge in [-0.05, 0) is 30.2 Å². The molecule has 1 aliphatic rings. The third-order valence-corrected chi connectivity index (χ3v) is 5.99. The molecule has 1 aromatic carbocycles. The molecule has 1 fully saturated rings. The van der Waals surface area contributed by atoms with E-state index < -0.39 is 5.97 Å². The van der Waals surface area contributed by atoms with Gasteiger partial charge in [-0.1, -0.05) is 58.7 Å². The van der Waals surface area contributed by atoms with Crippen LogP contribution in [0, 0.1) is 17.8 Å². The van der Waals surface area contributed by atoms with Crippen LogP contribution in [0.25, 0.3) is 10.8 Å². The fraction of sp³-hybridized carbons (Fsp3) is 0.565. The molecule has 1 aromatic heterocycles. The molecule has 0 aliphatic heterocycles. The standard InChI is InChI=1S/C23H31N3O4/c1-14(2)12-26-22(28)18-10-6-5-9-17(18)21(25-26)23(29)30-13-20(27)24-19-11-7-8-15(3)16(19)4/h5-6,9-10,14-16,19H,7-8,11-13H2,1-4H3,(H,24,27)/t15-,16+,19-/m0/s1. The van der Waals surface area contributed by atoms with Gasteiger partial charge in [-0.25, -0.2) is 9.48 Å². The summed E-state index contributed by atoms with van der Waals surface area (Å²) in [6.07, 6.45) is 3.20. The number of carbonyl (C=O) groups excluding carboxylic acids is 2. The first kappa shape index (κ1) is 22.0. The van der Waals surface area contributed by atoms with Gasteiger partial charge in [0.1, 0.15) is 0 Å². The number of rotatable bonds is 6. The summed E-state index contributed by atoms with van der Waals surface area (Å²) in [7, 11) is 0. The zero-order chi connectivity index (χ0) is 21.8. The van der Waals surface area contributed by atoms with E-state index in [1.54, 1.807) is 24.3 Å². The number of amides is 1. The number of nitrogens with one attached hydrogen (secondary N) is 1. The van der Waals surface area contributed by atoms with E-state index in [4.69, 9.17) is 4.74 Å². The molecule has 0 unspecified atom stereocenters. The van der Waals surface area contributed by atoms with Gasteiger partial charge >= 0.3 is 5.97 Å². The quantitative estimate of drug-likeness (QED) is 0.735. The molecule has 30 heavy (non-hydrogen) atoms. The monoisotopic (exact) mass is 413 g/mol. The van der Waals surface area contributed by atoms with Crippen molar-refractivity contribution in [1.29, 1.82) is 0 Å². The fourth-order valence-corrected chi connectivity index (χ4v) is 4.09. The SMILES string of the molecule is CC(C)Cn1nc(C(=O)OCC(=O)N[C@H]2CCC[C@H](C)[C@H]2C)c2ccccc2c1=O. The lowest BCUT2D eigenvalue weighted by atomic mass is 9.78. The maximum atomic E-state index is 12.7. The Hall–Kier alpha value is -2.70. The van der Waals surface area contributed by atoms with Crippen molar-refractivity contribution in [2.24, 2.45) is 17.8 Å². The molecule has 3 atom stereocenters. The molecule has 2 aromatic rings. The summed E-state index contributed by atoms with van der Waals surface area (Å²) < 4.78 is 6.57. The number of fused-ring (bicyclic) bond motifs is 1. The molecule has 1 heterocycles. The molecule has 7 nitrogen and oxygen atoms in total. The van der Waals surface area contributed by atoms with Crippen molar-refractivity contribution in [2.45, 2.75) is 59.5 Å². The second kappa shape index (κ2) is 9.41. The summed E-state index contributed by atoms with van der Waals surface area (Å²) in [5.74, 6) is 0.122. The minimum Gasteiger partial charge on any atom is -0.451 e. The van der Waals surface area contributed by atoms with Gasteiger partial charge in [0.25, 0.3) is 11.5 Å². The third kappa shape index (κ3) is 4.89. The van der Waals surface area contributed by atoms with Crippen LogP contribution in [0.4, 0.5) is 0 Å². The molecule has 1 amide bonds. The van der Waals surface area contributed by atoms with E-state index >= 15 is 0 Å². The molecular formula is C23H31N3O4. The average Bonchev–Trinajstić information content (AvgIpc) is 2.71. The second-order valence-corrected chi connectivity index (χ2v) is 8.79. The highest BCUT2D eigenvalue weighted by atomic mass is 16.5. The predicted molar refractivity (Wildman–Crippen MR) is 115 cm³/mol. The van der Waals surface area contributed by atoms with Crippen LogP contribution in [0.15, 0.2) is 29.1 Å². The smallest absolute Gasteiger partial charge is 0.359 e. The van der Waals surface area contributed by atoms with E-state index in [1.807, 2.05) is 13.8 Å². The number of hydrogen-bond donors (Lipinski definition) is 1. The first-order valence-electron chi connectivity index (χ1n) is 10.7. The summed E-state index contributed by atoms with van der Waals surface area (Å²) in [5, 5.41) is 8.10. The van der Waals surface area contributed by atoms with E-state index in [0.29, 0.717) is 29.2 Å². The third-order valence-electron chi connectivity index (χ3n) is 5.99. The Bertz CT molecular complexity index is 982. The average molecular weight is 414 g/mol. The zero-order valence-corrected chi connectivity index (χ0v) is 18.2. The summed E-state index contributed by atoms with van der Waals surface area (Å²) in [6, 6.07) is 6.94. The Morgan fingerprint density at radius 3 is 2.60 bits per heavy atom. The van der Waals surface area contributed by atoms with Crippen LogP contribution in [0.2, 0.25) is 0 Å². The maximum Gasteiger partial charge on any atom is 0.359 e. The van der Waals surface area contributed by atoms with Crippen molar-refractivity contribution in [3.05, 3.63) is 40.3 Å². The van der Waals surface area contributed by atoms with Crippen molar-refractivity contribution in [2.75, 3.05) is 6.61 Å². The number of carbonyl (C=O) groups is 2. The highest BCUT2D eigenvalue weighted by Gasteiger charge is 2.28. The predicted octanol–water partition coefficient (Wildman–Crippen LogP) is 3.15. The van der Waals surface area contributed by atoms with Gasteiger partial charge in [-0.2, -0.15) is 5.10 Å². The Labute approximate surface area is 176 Å². The van der Waals surface area contributed by atoms with Crippen LogP contribution in [-0.2, 0) is 16.1 Å². The van der Waals surface area contributed by atoms with Crippen molar-refractivity contribution < 1.29 is 14.3 Å². The van der Waals surface area contributed by atoms with E-state index in [2.05, 4.69) is 24.3 Å². The normalized spacial score (nSPS) is 21.6. The van der Waals surface area contributed by atoms with Crippen molar-refractivity contribution in [3.8, 4) is 0 Å². The number of ether oxygens (including phenoxy) is 1. The number of esters is 1. The maximum absolute atomic E-state index is 12.7. The second-order valence-electron chi connectivity index (χ2n) is 8.79. The van der Waals surface area contributed by atoms with Gasteiger partial charge in [0.05, 0.1) is 5.39 Å². The van der Waals surface area contributed by atoms with Gasteiger partial charge in [-0.15, -0.1) is 0 Å². The molecular weight excluding hydrogens is 382 g/mol. The van der Waals surface area contributed by atoms with Gasteiger partial charge < -0.3 is 10.1 Å². The van der Waals surface area contributed by atoms with E-state index in [1.165, 1.54) is 11.1 Å². The van der Waals surface area contributed by atoms with Gasteiger partial charge in [-0.3, -0.25) is 9.59 Å². The molecule has 1 saturated carbocycles. The van der Waals surface area contributed by atoms with Crippen LogP contribution in [0.1, 0.15) is 57.4 Å². The molecule has 0 bridgehead atoms. The lowest BCUT2D eigenvalue weighted by Gasteiger charge is -2.34. The number of hydrogen-bond acceptors (Lipinski definition) is 5. The Balaban J connectivity index is 1.74. The zero-order valence-electron chi connectivity index (χ0n) is 18.2. The Morgan fingerprint density at radius 1 is 1.20 bits per heavy atom. The minimum atomic E-state index is -0.705. The van der Waals surface area contributed by atoms with E-state index in [9.17, 15) is 14.4 Å². The molecule has 0 spiro atoms. The summed E-state index contributed by atoms with van der Waals surface area (Å²) >= 11 is 0. The van der Waals surface area contributed by atoms with Crippen molar-refractivity contribution >= 4 is 22.6 Å². The van der Waals surface area contributed by atoms with E-state index in [-0.39, 0.29) is 35.7 Å². The van der Waals surface area contributed by atoms with Crippen molar-refractivity contribution in [3.63, 3.8) is 0 Å². The first-order chi connectivity index (χ1) is 14.3. The number of benzene rings is 1. The largest absolute Gasteiger partial charge is 0.451 e. The van der Waals surface area contributed by atoms with Crippen LogP contribution < -0.4 is 10.9 Å². The van der Waals surface area contributed by atoms with Gasteiger partial charge in [0, 0.05) is 18.0 Å². The highest BCUT2D eigenvalue weighted by Crippen LogP contribution is 2.29. The first-order valence-corrected chi connectivity index (χ1v) is 10.7. The summed E-state index contributed by atoms with van der Waals surface area (Å²) in [4.78, 5) is 37.8. The molecule has 0 saturated heterocycles. The number of nitrogens with zero attached hydrogens (tertiary/aromatic N) is 2. The topological polar surface area (TPSA) is 90.3 Å². The molecule has 162 valence electrons. The highest BCUT2D eigenvalue weighted by molar-refractivity contribution is 6.02. The molecule has 7 heteroatoms. The summed E-state index contributed by atoms with van der Waals surface area (Å²) in [5.41, 5.74) is -0.188. The van der Waals surface area contributed by atoms with Crippen LogP contribution >= 0.6 is 0 Å². The molecule has 1 aliphatic carbocycles.